The van der Waals surface area contributed by atoms with E-state index in [1.165, 1.54) is 35.2 Å². The molecule has 0 aliphatic rings. The summed E-state index contributed by atoms with van der Waals surface area (Å²) in [6.07, 6.45) is 0. The molecule has 0 spiro atoms. The fraction of sp³-hybridized carbons (Fsp3) is 0.227. The Balaban J connectivity index is 1.57. The number of nitrogens with zero attached hydrogens (tertiary/aromatic N) is 2. The molecule has 0 aliphatic heterocycles. The van der Waals surface area contributed by atoms with Crippen molar-refractivity contribution < 1.29 is 14.0 Å². The molecular weight excluding hydrogens is 421 g/mol. The van der Waals surface area contributed by atoms with E-state index in [2.05, 4.69) is 10.3 Å². The van der Waals surface area contributed by atoms with Crippen LogP contribution in [0.15, 0.2) is 58.3 Å². The van der Waals surface area contributed by atoms with Crippen LogP contribution in [0.4, 0.5) is 10.1 Å². The molecule has 156 valence electrons. The first-order valence-corrected chi connectivity index (χ1v) is 11.4. The molecule has 1 aromatic heterocycles. The molecule has 3 rings (SSSR count). The Morgan fingerprint density at radius 1 is 1.13 bits per heavy atom. The third kappa shape index (κ3) is 5.67. The lowest BCUT2D eigenvalue weighted by molar-refractivity contribution is -0.113. The summed E-state index contributed by atoms with van der Waals surface area (Å²) in [6, 6.07) is 13.1. The summed E-state index contributed by atoms with van der Waals surface area (Å²) in [5.41, 5.74) is 2.72. The van der Waals surface area contributed by atoms with Crippen LogP contribution in [0.1, 0.15) is 24.2 Å². The minimum absolute atomic E-state index is 0.0541. The summed E-state index contributed by atoms with van der Waals surface area (Å²) in [5, 5.41) is 4.72. The first-order valence-electron chi connectivity index (χ1n) is 9.53. The number of hydrogen-bond acceptors (Lipinski definition) is 5. The topological polar surface area (TPSA) is 62.3 Å². The Hall–Kier alpha value is -2.71. The molecule has 2 aromatic carbocycles. The molecule has 0 atom stereocenters. The van der Waals surface area contributed by atoms with E-state index in [0.717, 1.165) is 15.6 Å². The van der Waals surface area contributed by atoms with Crippen LogP contribution >= 0.6 is 23.1 Å². The number of halogens is 1. The average molecular weight is 444 g/mol. The van der Waals surface area contributed by atoms with Crippen LogP contribution in [0.2, 0.25) is 0 Å². The molecule has 2 amide bonds. The molecule has 0 aliphatic carbocycles. The van der Waals surface area contributed by atoms with Crippen molar-refractivity contribution in [2.45, 2.75) is 18.2 Å². The second-order valence-corrected chi connectivity index (χ2v) is 8.48. The quantitative estimate of drug-likeness (QED) is 0.489. The van der Waals surface area contributed by atoms with E-state index in [4.69, 9.17) is 0 Å². The second-order valence-electron chi connectivity index (χ2n) is 6.40. The van der Waals surface area contributed by atoms with Gasteiger partial charge >= 0.3 is 0 Å². The van der Waals surface area contributed by atoms with Crippen molar-refractivity contribution in [3.63, 3.8) is 0 Å². The monoisotopic (exact) mass is 443 g/mol. The van der Waals surface area contributed by atoms with Gasteiger partial charge in [-0.1, -0.05) is 17.8 Å². The lowest BCUT2D eigenvalue weighted by Crippen LogP contribution is -2.30. The lowest BCUT2D eigenvalue weighted by atomic mass is 10.1. The highest BCUT2D eigenvalue weighted by Crippen LogP contribution is 2.28. The third-order valence-corrected chi connectivity index (χ3v) is 6.41. The van der Waals surface area contributed by atoms with Crippen molar-refractivity contribution in [2.24, 2.45) is 0 Å². The molecule has 0 bridgehead atoms. The SMILES string of the molecule is CCN(CC)C(=O)c1cccc(NC(=O)CSc2nc(-c3ccc(F)cc3)cs2)c1. The van der Waals surface area contributed by atoms with Crippen molar-refractivity contribution in [1.29, 1.82) is 0 Å². The number of anilines is 1. The number of hydrogen-bond donors (Lipinski definition) is 1. The largest absolute Gasteiger partial charge is 0.339 e. The number of thiazole rings is 1. The minimum atomic E-state index is -0.289. The number of aromatic nitrogens is 1. The lowest BCUT2D eigenvalue weighted by Gasteiger charge is -2.19. The van der Waals surface area contributed by atoms with Crippen molar-refractivity contribution in [3.8, 4) is 11.3 Å². The van der Waals surface area contributed by atoms with Gasteiger partial charge in [-0.25, -0.2) is 9.37 Å². The van der Waals surface area contributed by atoms with E-state index < -0.39 is 0 Å². The maximum absolute atomic E-state index is 13.1. The highest BCUT2D eigenvalue weighted by molar-refractivity contribution is 8.01. The van der Waals surface area contributed by atoms with Gasteiger partial charge in [0.2, 0.25) is 5.91 Å². The van der Waals surface area contributed by atoms with Gasteiger partial charge < -0.3 is 10.2 Å². The van der Waals surface area contributed by atoms with Gasteiger partial charge in [-0.15, -0.1) is 11.3 Å². The Morgan fingerprint density at radius 3 is 2.57 bits per heavy atom. The smallest absolute Gasteiger partial charge is 0.253 e. The minimum Gasteiger partial charge on any atom is -0.339 e. The molecule has 0 saturated carbocycles. The van der Waals surface area contributed by atoms with E-state index in [1.807, 2.05) is 19.2 Å². The van der Waals surface area contributed by atoms with Crippen molar-refractivity contribution >= 4 is 40.6 Å². The van der Waals surface area contributed by atoms with Crippen molar-refractivity contribution in [3.05, 3.63) is 65.3 Å². The van der Waals surface area contributed by atoms with E-state index in [-0.39, 0.29) is 23.4 Å². The van der Waals surface area contributed by atoms with Gasteiger partial charge in [0.1, 0.15) is 5.82 Å². The average Bonchev–Trinajstić information content (AvgIpc) is 3.23. The van der Waals surface area contributed by atoms with Crippen molar-refractivity contribution in [2.75, 3.05) is 24.2 Å². The van der Waals surface area contributed by atoms with E-state index in [9.17, 15) is 14.0 Å². The molecule has 30 heavy (non-hydrogen) atoms. The molecule has 0 unspecified atom stereocenters. The zero-order valence-corrected chi connectivity index (χ0v) is 18.4. The number of rotatable bonds is 8. The number of nitrogens with one attached hydrogen (secondary N) is 1. The van der Waals surface area contributed by atoms with Crippen molar-refractivity contribution in [1.82, 2.24) is 9.88 Å². The molecular formula is C22H22FN3O2S2. The van der Waals surface area contributed by atoms with Crippen LogP contribution in [0.3, 0.4) is 0 Å². The summed E-state index contributed by atoms with van der Waals surface area (Å²) in [5.74, 6) is -0.319. The Labute approximate surface area is 183 Å². The van der Waals surface area contributed by atoms with Crippen LogP contribution in [-0.4, -0.2) is 40.5 Å². The summed E-state index contributed by atoms with van der Waals surface area (Å²) in [4.78, 5) is 31.0. The zero-order chi connectivity index (χ0) is 21.5. The van der Waals surface area contributed by atoms with Gasteiger partial charge in [0, 0.05) is 35.3 Å². The van der Waals surface area contributed by atoms with Crippen LogP contribution in [-0.2, 0) is 4.79 Å². The summed E-state index contributed by atoms with van der Waals surface area (Å²) in [6.45, 7) is 5.14. The third-order valence-electron chi connectivity index (χ3n) is 4.39. The van der Waals surface area contributed by atoms with Crippen LogP contribution in [0, 0.1) is 5.82 Å². The predicted molar refractivity (Wildman–Crippen MR) is 121 cm³/mol. The summed E-state index contributed by atoms with van der Waals surface area (Å²) >= 11 is 2.77. The van der Waals surface area contributed by atoms with Gasteiger partial charge in [-0.2, -0.15) is 0 Å². The summed E-state index contributed by atoms with van der Waals surface area (Å²) in [7, 11) is 0. The predicted octanol–water partition coefficient (Wildman–Crippen LogP) is 5.16. The van der Waals surface area contributed by atoms with Crippen LogP contribution in [0.5, 0.6) is 0 Å². The highest BCUT2D eigenvalue weighted by atomic mass is 32.2. The molecule has 8 heteroatoms. The van der Waals surface area contributed by atoms with Gasteiger partial charge in [-0.05, 0) is 56.3 Å². The fourth-order valence-corrected chi connectivity index (χ4v) is 4.46. The molecule has 1 heterocycles. The zero-order valence-electron chi connectivity index (χ0n) is 16.7. The van der Waals surface area contributed by atoms with E-state index >= 15 is 0 Å². The molecule has 0 saturated heterocycles. The van der Waals surface area contributed by atoms with Crippen LogP contribution < -0.4 is 5.32 Å². The maximum Gasteiger partial charge on any atom is 0.253 e. The maximum atomic E-state index is 13.1. The number of carbonyl (C=O) groups is 2. The molecule has 3 aromatic rings. The number of thioether (sulfide) groups is 1. The first-order chi connectivity index (χ1) is 14.5. The Morgan fingerprint density at radius 2 is 1.87 bits per heavy atom. The van der Waals surface area contributed by atoms with E-state index in [1.54, 1.807) is 41.3 Å². The standard InChI is InChI=1S/C22H22FN3O2S2/c1-3-26(4-2)21(28)16-6-5-7-18(12-16)24-20(27)14-30-22-25-19(13-29-22)15-8-10-17(23)11-9-15/h5-13H,3-4,14H2,1-2H3,(H,24,27). The molecule has 5 nitrogen and oxygen atoms in total. The Kier molecular flexibility index (Phi) is 7.59. The number of carbonyl (C=O) groups excluding carboxylic acids is 2. The van der Waals surface area contributed by atoms with Gasteiger partial charge in [0.05, 0.1) is 11.4 Å². The highest BCUT2D eigenvalue weighted by Gasteiger charge is 2.14. The second kappa shape index (κ2) is 10.4. The normalized spacial score (nSPS) is 10.6. The molecule has 1 N–H and O–H groups in total. The van der Waals surface area contributed by atoms with Gasteiger partial charge in [-0.3, -0.25) is 9.59 Å². The Bertz CT molecular complexity index is 1020. The molecule has 0 radical (unpaired) electrons. The van der Waals surface area contributed by atoms with Crippen LogP contribution in [0.25, 0.3) is 11.3 Å². The summed E-state index contributed by atoms with van der Waals surface area (Å²) < 4.78 is 13.8. The number of amides is 2. The number of benzene rings is 2. The van der Waals surface area contributed by atoms with Gasteiger partial charge in [0.15, 0.2) is 4.34 Å². The van der Waals surface area contributed by atoms with Gasteiger partial charge in [0.25, 0.3) is 5.91 Å². The fourth-order valence-electron chi connectivity index (χ4n) is 2.82. The van der Waals surface area contributed by atoms with E-state index in [0.29, 0.717) is 24.3 Å². The first kappa shape index (κ1) is 22.0. The molecule has 0 fully saturated rings.